The zero-order chi connectivity index (χ0) is 11.2. The summed E-state index contributed by atoms with van der Waals surface area (Å²) in [6, 6.07) is 6.25. The molecule has 16 heavy (non-hydrogen) atoms. The molecule has 3 rings (SSSR count). The Morgan fingerprint density at radius 1 is 1.19 bits per heavy atom. The lowest BCUT2D eigenvalue weighted by molar-refractivity contribution is 0.0810. The van der Waals surface area contributed by atoms with E-state index in [1.807, 2.05) is 0 Å². The van der Waals surface area contributed by atoms with E-state index >= 15 is 0 Å². The highest BCUT2D eigenvalue weighted by atomic mass is 19.3. The van der Waals surface area contributed by atoms with Gasteiger partial charge in [0.1, 0.15) is 5.71 Å². The van der Waals surface area contributed by atoms with E-state index in [1.165, 1.54) is 18.5 Å². The molecule has 80 valence electrons. The standard InChI is InChI=1S/C11H7F2N3/c12-11(13)8-3-1-2-4-9(8)16-10(11)7-5-14-15-6-7/h1-6H,(H,14,15). The molecule has 0 bridgehead atoms. The van der Waals surface area contributed by atoms with Gasteiger partial charge in [-0.3, -0.25) is 5.10 Å². The molecule has 2 aromatic rings. The van der Waals surface area contributed by atoms with Gasteiger partial charge in [0.15, 0.2) is 0 Å². The molecule has 0 spiro atoms. The van der Waals surface area contributed by atoms with Crippen LogP contribution in [0.25, 0.3) is 0 Å². The molecule has 1 aliphatic heterocycles. The number of hydrogen-bond donors (Lipinski definition) is 1. The van der Waals surface area contributed by atoms with Gasteiger partial charge in [0.25, 0.3) is 0 Å². The Bertz CT molecular complexity index is 558. The van der Waals surface area contributed by atoms with Gasteiger partial charge >= 0.3 is 5.92 Å². The van der Waals surface area contributed by atoms with Crippen molar-refractivity contribution in [1.29, 1.82) is 0 Å². The van der Waals surface area contributed by atoms with Gasteiger partial charge in [-0.1, -0.05) is 18.2 Å². The maximum atomic E-state index is 14.0. The molecule has 2 heterocycles. The zero-order valence-corrected chi connectivity index (χ0v) is 8.11. The quantitative estimate of drug-likeness (QED) is 0.786. The molecule has 0 unspecified atom stereocenters. The summed E-state index contributed by atoms with van der Waals surface area (Å²) < 4.78 is 28.0. The van der Waals surface area contributed by atoms with Crippen molar-refractivity contribution in [2.75, 3.05) is 0 Å². The Morgan fingerprint density at radius 2 is 2.00 bits per heavy atom. The predicted octanol–water partition coefficient (Wildman–Crippen LogP) is 2.64. The van der Waals surface area contributed by atoms with Gasteiger partial charge in [0, 0.05) is 11.8 Å². The number of aromatic nitrogens is 2. The number of aliphatic imine (C=N–C) groups is 1. The summed E-state index contributed by atoms with van der Waals surface area (Å²) in [4.78, 5) is 3.95. The van der Waals surface area contributed by atoms with Crippen LogP contribution in [0.5, 0.6) is 0 Å². The Labute approximate surface area is 89.8 Å². The summed E-state index contributed by atoms with van der Waals surface area (Å²) >= 11 is 0. The highest BCUT2D eigenvalue weighted by Gasteiger charge is 2.45. The Kier molecular flexibility index (Phi) is 1.71. The van der Waals surface area contributed by atoms with Crippen molar-refractivity contribution < 1.29 is 8.78 Å². The van der Waals surface area contributed by atoms with Crippen LogP contribution in [0.3, 0.4) is 0 Å². The number of nitrogens with one attached hydrogen (secondary N) is 1. The van der Waals surface area contributed by atoms with Crippen LogP contribution in [0.15, 0.2) is 41.7 Å². The van der Waals surface area contributed by atoms with Gasteiger partial charge in [-0.2, -0.15) is 13.9 Å². The molecule has 1 aromatic carbocycles. The van der Waals surface area contributed by atoms with Crippen LogP contribution in [0, 0.1) is 0 Å². The number of fused-ring (bicyclic) bond motifs is 1. The van der Waals surface area contributed by atoms with Gasteiger partial charge in [0.05, 0.1) is 17.4 Å². The first-order valence-electron chi connectivity index (χ1n) is 4.75. The number of hydrogen-bond acceptors (Lipinski definition) is 2. The predicted molar refractivity (Wildman–Crippen MR) is 55.1 cm³/mol. The van der Waals surface area contributed by atoms with Crippen molar-refractivity contribution in [3.63, 3.8) is 0 Å². The SMILES string of the molecule is FC1(F)C(c2cn[nH]c2)=Nc2ccccc21. The van der Waals surface area contributed by atoms with Gasteiger partial charge in [-0.15, -0.1) is 0 Å². The minimum Gasteiger partial charge on any atom is -0.285 e. The largest absolute Gasteiger partial charge is 0.317 e. The van der Waals surface area contributed by atoms with E-state index in [0.29, 0.717) is 11.3 Å². The van der Waals surface area contributed by atoms with Crippen molar-refractivity contribution in [3.05, 3.63) is 47.8 Å². The average molecular weight is 219 g/mol. The van der Waals surface area contributed by atoms with E-state index < -0.39 is 5.92 Å². The number of nitrogens with zero attached hydrogens (tertiary/aromatic N) is 2. The molecule has 3 nitrogen and oxygen atoms in total. The second kappa shape index (κ2) is 2.98. The first-order valence-corrected chi connectivity index (χ1v) is 4.75. The molecule has 0 radical (unpaired) electrons. The smallest absolute Gasteiger partial charge is 0.285 e. The van der Waals surface area contributed by atoms with Crippen LogP contribution in [0.1, 0.15) is 11.1 Å². The Morgan fingerprint density at radius 3 is 2.69 bits per heavy atom. The minimum absolute atomic E-state index is 0.0498. The molecule has 0 amide bonds. The number of aromatic amines is 1. The molecule has 0 aliphatic carbocycles. The lowest BCUT2D eigenvalue weighted by atomic mass is 10.0. The molecule has 1 aliphatic rings. The minimum atomic E-state index is -3.04. The van der Waals surface area contributed by atoms with Crippen LogP contribution in [-0.2, 0) is 5.92 Å². The molecule has 0 saturated heterocycles. The van der Waals surface area contributed by atoms with E-state index in [1.54, 1.807) is 18.2 Å². The molecular formula is C11H7F2N3. The van der Waals surface area contributed by atoms with E-state index in [4.69, 9.17) is 0 Å². The van der Waals surface area contributed by atoms with Crippen molar-refractivity contribution in [3.8, 4) is 0 Å². The molecule has 0 fully saturated rings. The van der Waals surface area contributed by atoms with Crippen molar-refractivity contribution in [1.82, 2.24) is 10.2 Å². The molecular weight excluding hydrogens is 212 g/mol. The van der Waals surface area contributed by atoms with Crippen LogP contribution < -0.4 is 0 Å². The fourth-order valence-corrected chi connectivity index (χ4v) is 1.78. The lowest BCUT2D eigenvalue weighted by Crippen LogP contribution is -2.22. The van der Waals surface area contributed by atoms with Crippen LogP contribution in [0.4, 0.5) is 14.5 Å². The lowest BCUT2D eigenvalue weighted by Gasteiger charge is -2.11. The fraction of sp³-hybridized carbons (Fsp3) is 0.0909. The average Bonchev–Trinajstić information content (AvgIpc) is 2.86. The number of rotatable bonds is 1. The monoisotopic (exact) mass is 219 g/mol. The molecule has 0 saturated carbocycles. The number of para-hydroxylation sites is 1. The van der Waals surface area contributed by atoms with Crippen molar-refractivity contribution in [2.45, 2.75) is 5.92 Å². The summed E-state index contributed by atoms with van der Waals surface area (Å²) in [6.07, 6.45) is 2.76. The van der Waals surface area contributed by atoms with Crippen molar-refractivity contribution >= 4 is 11.4 Å². The first kappa shape index (κ1) is 9.21. The topological polar surface area (TPSA) is 41.0 Å². The fourth-order valence-electron chi connectivity index (χ4n) is 1.78. The van der Waals surface area contributed by atoms with Gasteiger partial charge in [-0.05, 0) is 6.07 Å². The summed E-state index contributed by atoms with van der Waals surface area (Å²) in [7, 11) is 0. The Hall–Kier alpha value is -2.04. The third-order valence-electron chi connectivity index (χ3n) is 2.54. The highest BCUT2D eigenvalue weighted by Crippen LogP contribution is 2.44. The van der Waals surface area contributed by atoms with Crippen LogP contribution >= 0.6 is 0 Å². The molecule has 1 aromatic heterocycles. The van der Waals surface area contributed by atoms with Crippen molar-refractivity contribution in [2.24, 2.45) is 4.99 Å². The van der Waals surface area contributed by atoms with E-state index in [2.05, 4.69) is 15.2 Å². The molecule has 0 atom stereocenters. The summed E-state index contributed by atoms with van der Waals surface area (Å²) in [6.45, 7) is 0. The number of halogens is 2. The van der Waals surface area contributed by atoms with Gasteiger partial charge in [-0.25, -0.2) is 4.99 Å². The maximum Gasteiger partial charge on any atom is 0.317 e. The molecule has 1 N–H and O–H groups in total. The highest BCUT2D eigenvalue weighted by molar-refractivity contribution is 6.10. The summed E-state index contributed by atoms with van der Waals surface area (Å²) in [5.41, 5.74) is 0.346. The van der Waals surface area contributed by atoms with E-state index in [0.717, 1.165) is 0 Å². The maximum absolute atomic E-state index is 14.0. The number of alkyl halides is 2. The van der Waals surface area contributed by atoms with E-state index in [-0.39, 0.29) is 11.3 Å². The van der Waals surface area contributed by atoms with Crippen LogP contribution in [-0.4, -0.2) is 15.9 Å². The second-order valence-electron chi connectivity index (χ2n) is 3.54. The van der Waals surface area contributed by atoms with Gasteiger partial charge < -0.3 is 0 Å². The zero-order valence-electron chi connectivity index (χ0n) is 8.11. The second-order valence-corrected chi connectivity index (χ2v) is 3.54. The third kappa shape index (κ3) is 1.11. The van der Waals surface area contributed by atoms with Crippen LogP contribution in [0.2, 0.25) is 0 Å². The summed E-state index contributed by atoms with van der Waals surface area (Å²) in [5, 5.41) is 6.16. The van der Waals surface area contributed by atoms with Gasteiger partial charge in [0.2, 0.25) is 0 Å². The van der Waals surface area contributed by atoms with E-state index in [9.17, 15) is 8.78 Å². The molecule has 5 heteroatoms. The summed E-state index contributed by atoms with van der Waals surface area (Å²) in [5.74, 6) is -3.04. The first-order chi connectivity index (χ1) is 7.69. The Balaban J connectivity index is 2.19. The third-order valence-corrected chi connectivity index (χ3v) is 2.54. The normalized spacial score (nSPS) is 17.0. The number of H-pyrrole nitrogens is 1. The number of benzene rings is 1.